The number of hydrogen-bond donors (Lipinski definition) is 1. The molecule has 1 N–H and O–H groups in total. The van der Waals surface area contributed by atoms with Gasteiger partial charge < -0.3 is 5.32 Å². The third kappa shape index (κ3) is 4.63. The van der Waals surface area contributed by atoms with E-state index in [1.165, 1.54) is 24.9 Å². The Balaban J connectivity index is 2.93. The van der Waals surface area contributed by atoms with Crippen LogP contribution >= 0.6 is 0 Å². The number of rotatable bonds is 9. The highest BCUT2D eigenvalue weighted by Crippen LogP contribution is 2.23. The van der Waals surface area contributed by atoms with E-state index in [9.17, 15) is 0 Å². The van der Waals surface area contributed by atoms with Crippen LogP contribution in [-0.2, 0) is 0 Å². The molecular weight excluding hydrogens is 232 g/mol. The highest BCUT2D eigenvalue weighted by molar-refractivity contribution is 5.20. The fraction of sp³-hybridized carbons (Fsp3) is 0.647. The van der Waals surface area contributed by atoms with E-state index in [-0.39, 0.29) is 0 Å². The Bertz CT molecular complexity index is 323. The Morgan fingerprint density at radius 3 is 2.21 bits per heavy atom. The molecule has 0 fully saturated rings. The van der Waals surface area contributed by atoms with Crippen molar-refractivity contribution in [2.75, 3.05) is 19.6 Å². The molecule has 0 aromatic heterocycles. The van der Waals surface area contributed by atoms with Gasteiger partial charge >= 0.3 is 0 Å². The van der Waals surface area contributed by atoms with Gasteiger partial charge in [0.25, 0.3) is 0 Å². The molecule has 0 aliphatic heterocycles. The molecule has 0 radical (unpaired) electrons. The molecule has 19 heavy (non-hydrogen) atoms. The second-order valence-electron chi connectivity index (χ2n) is 5.05. The van der Waals surface area contributed by atoms with Gasteiger partial charge in [0.15, 0.2) is 0 Å². The molecule has 0 spiro atoms. The third-order valence-corrected chi connectivity index (χ3v) is 3.77. The summed E-state index contributed by atoms with van der Waals surface area (Å²) < 4.78 is 0. The van der Waals surface area contributed by atoms with Crippen LogP contribution in [0.4, 0.5) is 0 Å². The third-order valence-electron chi connectivity index (χ3n) is 3.77. The zero-order valence-corrected chi connectivity index (χ0v) is 13.0. The smallest absolute Gasteiger partial charge is 0.0477 e. The fourth-order valence-corrected chi connectivity index (χ4v) is 2.91. The SMILES string of the molecule is CCCN(CC)C(CC)C(NCC)c1ccccc1. The molecule has 2 nitrogen and oxygen atoms in total. The van der Waals surface area contributed by atoms with Gasteiger partial charge in [-0.1, -0.05) is 58.0 Å². The zero-order chi connectivity index (χ0) is 14.1. The molecule has 1 rings (SSSR count). The van der Waals surface area contributed by atoms with Gasteiger partial charge in [-0.25, -0.2) is 0 Å². The van der Waals surface area contributed by atoms with E-state index < -0.39 is 0 Å². The molecule has 0 saturated heterocycles. The molecular formula is C17H30N2. The van der Waals surface area contributed by atoms with E-state index in [2.05, 4.69) is 68.2 Å². The first-order valence-electron chi connectivity index (χ1n) is 7.80. The Labute approximate surface area is 119 Å². The lowest BCUT2D eigenvalue weighted by Crippen LogP contribution is -2.44. The van der Waals surface area contributed by atoms with Crippen molar-refractivity contribution in [3.05, 3.63) is 35.9 Å². The van der Waals surface area contributed by atoms with Gasteiger partial charge in [-0.3, -0.25) is 4.90 Å². The van der Waals surface area contributed by atoms with Gasteiger partial charge in [0.1, 0.15) is 0 Å². The molecule has 2 unspecified atom stereocenters. The maximum Gasteiger partial charge on any atom is 0.0477 e. The van der Waals surface area contributed by atoms with E-state index >= 15 is 0 Å². The zero-order valence-electron chi connectivity index (χ0n) is 13.0. The summed E-state index contributed by atoms with van der Waals surface area (Å²) in [5.74, 6) is 0. The minimum Gasteiger partial charge on any atom is -0.309 e. The van der Waals surface area contributed by atoms with Crippen LogP contribution < -0.4 is 5.32 Å². The minimum atomic E-state index is 0.433. The Morgan fingerprint density at radius 1 is 1.05 bits per heavy atom. The molecule has 0 aliphatic carbocycles. The van der Waals surface area contributed by atoms with Crippen LogP contribution in [0.25, 0.3) is 0 Å². The predicted molar refractivity (Wildman–Crippen MR) is 84.5 cm³/mol. The number of nitrogens with zero attached hydrogens (tertiary/aromatic N) is 1. The first-order valence-corrected chi connectivity index (χ1v) is 7.80. The van der Waals surface area contributed by atoms with Crippen LogP contribution in [0.15, 0.2) is 30.3 Å². The van der Waals surface area contributed by atoms with Crippen molar-refractivity contribution in [3.63, 3.8) is 0 Å². The molecule has 1 aromatic carbocycles. The molecule has 108 valence electrons. The maximum atomic E-state index is 3.68. The molecule has 2 atom stereocenters. The first kappa shape index (κ1) is 16.2. The highest BCUT2D eigenvalue weighted by atomic mass is 15.2. The van der Waals surface area contributed by atoms with Crippen molar-refractivity contribution in [2.24, 2.45) is 0 Å². The van der Waals surface area contributed by atoms with Crippen molar-refractivity contribution in [1.82, 2.24) is 10.2 Å². The summed E-state index contributed by atoms with van der Waals surface area (Å²) in [7, 11) is 0. The molecule has 0 heterocycles. The van der Waals surface area contributed by atoms with E-state index in [0.29, 0.717) is 12.1 Å². The summed E-state index contributed by atoms with van der Waals surface area (Å²) in [5.41, 5.74) is 1.41. The number of hydrogen-bond acceptors (Lipinski definition) is 2. The van der Waals surface area contributed by atoms with Crippen LogP contribution in [0.3, 0.4) is 0 Å². The molecule has 1 aromatic rings. The summed E-state index contributed by atoms with van der Waals surface area (Å²) in [6.07, 6.45) is 2.40. The Kier molecular flexibility index (Phi) is 7.76. The molecule has 0 saturated carbocycles. The van der Waals surface area contributed by atoms with Gasteiger partial charge in [0.2, 0.25) is 0 Å². The van der Waals surface area contributed by atoms with Crippen LogP contribution in [0.2, 0.25) is 0 Å². The fourth-order valence-electron chi connectivity index (χ4n) is 2.91. The lowest BCUT2D eigenvalue weighted by molar-refractivity contribution is 0.159. The number of nitrogens with one attached hydrogen (secondary N) is 1. The quantitative estimate of drug-likeness (QED) is 0.727. The molecule has 0 bridgehead atoms. The van der Waals surface area contributed by atoms with Crippen LogP contribution in [0, 0.1) is 0 Å². The average Bonchev–Trinajstić information content (AvgIpc) is 2.46. The molecule has 0 amide bonds. The summed E-state index contributed by atoms with van der Waals surface area (Å²) in [6.45, 7) is 12.4. The van der Waals surface area contributed by atoms with Crippen LogP contribution in [0.5, 0.6) is 0 Å². The number of likely N-dealkylation sites (N-methyl/N-ethyl adjacent to an activating group) is 2. The van der Waals surface area contributed by atoms with Gasteiger partial charge in [-0.05, 0) is 38.0 Å². The second kappa shape index (κ2) is 9.11. The van der Waals surface area contributed by atoms with Crippen LogP contribution in [-0.4, -0.2) is 30.6 Å². The van der Waals surface area contributed by atoms with Gasteiger partial charge in [0.05, 0.1) is 0 Å². The van der Waals surface area contributed by atoms with Gasteiger partial charge in [-0.2, -0.15) is 0 Å². The molecule has 0 aliphatic rings. The standard InChI is InChI=1S/C17H30N2/c1-5-14-19(8-4)16(6-2)17(18-7-3)15-12-10-9-11-13-15/h9-13,16-18H,5-8,14H2,1-4H3. The Hall–Kier alpha value is -0.860. The Morgan fingerprint density at radius 2 is 1.74 bits per heavy atom. The largest absolute Gasteiger partial charge is 0.309 e. The van der Waals surface area contributed by atoms with Crippen molar-refractivity contribution < 1.29 is 0 Å². The summed E-state index contributed by atoms with van der Waals surface area (Å²) >= 11 is 0. The summed E-state index contributed by atoms with van der Waals surface area (Å²) in [6, 6.07) is 11.9. The van der Waals surface area contributed by atoms with Gasteiger partial charge in [-0.15, -0.1) is 0 Å². The average molecular weight is 262 g/mol. The topological polar surface area (TPSA) is 15.3 Å². The van der Waals surface area contributed by atoms with E-state index in [1.807, 2.05) is 0 Å². The minimum absolute atomic E-state index is 0.433. The van der Waals surface area contributed by atoms with E-state index in [4.69, 9.17) is 0 Å². The lowest BCUT2D eigenvalue weighted by atomic mass is 9.95. The van der Waals surface area contributed by atoms with Crippen molar-refractivity contribution in [2.45, 2.75) is 52.6 Å². The van der Waals surface area contributed by atoms with Crippen molar-refractivity contribution in [1.29, 1.82) is 0 Å². The summed E-state index contributed by atoms with van der Waals surface area (Å²) in [5, 5.41) is 3.68. The van der Waals surface area contributed by atoms with Crippen LogP contribution in [0.1, 0.15) is 52.1 Å². The maximum absolute atomic E-state index is 3.68. The summed E-state index contributed by atoms with van der Waals surface area (Å²) in [4.78, 5) is 2.61. The second-order valence-corrected chi connectivity index (χ2v) is 5.05. The highest BCUT2D eigenvalue weighted by Gasteiger charge is 2.25. The van der Waals surface area contributed by atoms with Crippen molar-refractivity contribution in [3.8, 4) is 0 Å². The van der Waals surface area contributed by atoms with E-state index in [1.54, 1.807) is 0 Å². The lowest BCUT2D eigenvalue weighted by Gasteiger charge is -2.36. The van der Waals surface area contributed by atoms with Gasteiger partial charge in [0, 0.05) is 12.1 Å². The normalized spacial score (nSPS) is 14.6. The monoisotopic (exact) mass is 262 g/mol. The van der Waals surface area contributed by atoms with E-state index in [0.717, 1.165) is 13.1 Å². The number of benzene rings is 1. The first-order chi connectivity index (χ1) is 9.28. The van der Waals surface area contributed by atoms with Crippen molar-refractivity contribution >= 4 is 0 Å². The predicted octanol–water partition coefficient (Wildman–Crippen LogP) is 3.85. The molecule has 2 heteroatoms.